The molecule has 1 aliphatic rings. The van der Waals surface area contributed by atoms with Crippen LogP contribution >= 0.6 is 11.3 Å². The summed E-state index contributed by atoms with van der Waals surface area (Å²) in [5.41, 5.74) is 6.66. The predicted molar refractivity (Wildman–Crippen MR) is 90.1 cm³/mol. The number of aromatic nitrogens is 1. The molecule has 0 spiro atoms. The molecule has 0 amide bonds. The maximum atomic E-state index is 13.6. The average molecular weight is 349 g/mol. The molecule has 2 aromatic heterocycles. The third-order valence-corrected chi connectivity index (χ3v) is 5.11. The first-order chi connectivity index (χ1) is 11.5. The Labute approximate surface area is 141 Å². The van der Waals surface area contributed by atoms with E-state index in [1.165, 1.54) is 0 Å². The summed E-state index contributed by atoms with van der Waals surface area (Å²) in [7, 11) is 0. The van der Waals surface area contributed by atoms with Crippen molar-refractivity contribution in [2.24, 2.45) is 5.73 Å². The van der Waals surface area contributed by atoms with Crippen LogP contribution in [0.2, 0.25) is 0 Å². The zero-order valence-corrected chi connectivity index (χ0v) is 13.7. The van der Waals surface area contributed by atoms with Gasteiger partial charge in [-0.1, -0.05) is 12.1 Å². The summed E-state index contributed by atoms with van der Waals surface area (Å²) in [6, 6.07) is 11.0. The molecule has 126 valence electrons. The van der Waals surface area contributed by atoms with Gasteiger partial charge in [0.1, 0.15) is 5.76 Å². The lowest BCUT2D eigenvalue weighted by molar-refractivity contribution is -0.0737. The van der Waals surface area contributed by atoms with E-state index in [-0.39, 0.29) is 13.0 Å². The smallest absolute Gasteiger partial charge is 0.262 e. The Bertz CT molecular complexity index is 827. The second-order valence-corrected chi connectivity index (χ2v) is 7.27. The predicted octanol–water partition coefficient (Wildman–Crippen LogP) is 3.72. The highest BCUT2D eigenvalue weighted by Gasteiger charge is 2.39. The monoisotopic (exact) mass is 349 g/mol. The summed E-state index contributed by atoms with van der Waals surface area (Å²) in [5.74, 6) is -1.42. The van der Waals surface area contributed by atoms with Crippen LogP contribution in [0.1, 0.15) is 12.2 Å². The van der Waals surface area contributed by atoms with Gasteiger partial charge in [-0.3, -0.25) is 4.90 Å². The van der Waals surface area contributed by atoms with E-state index in [9.17, 15) is 8.78 Å². The van der Waals surface area contributed by atoms with Gasteiger partial charge in [0, 0.05) is 19.0 Å². The number of nitrogens with zero attached hydrogens (tertiary/aromatic N) is 2. The number of halogens is 2. The molecule has 1 atom stereocenters. The van der Waals surface area contributed by atoms with Gasteiger partial charge in [-0.05, 0) is 24.3 Å². The Morgan fingerprint density at radius 1 is 1.29 bits per heavy atom. The molecule has 0 aliphatic carbocycles. The minimum Gasteiger partial charge on any atom is -0.457 e. The summed E-state index contributed by atoms with van der Waals surface area (Å²) in [4.78, 5) is 6.20. The molecule has 1 fully saturated rings. The number of para-hydroxylation sites is 1. The fourth-order valence-corrected chi connectivity index (χ4v) is 4.06. The molecule has 2 N–H and O–H groups in total. The highest BCUT2D eigenvalue weighted by atomic mass is 32.1. The van der Waals surface area contributed by atoms with Crippen LogP contribution < -0.4 is 5.73 Å². The molecule has 1 saturated heterocycles. The van der Waals surface area contributed by atoms with Crippen LogP contribution in [0.5, 0.6) is 0 Å². The minimum atomic E-state index is -2.74. The van der Waals surface area contributed by atoms with Crippen LogP contribution in [0.3, 0.4) is 0 Å². The standard InChI is InChI=1S/C17H17F2N3OS/c18-17(19)7-11(20)8-22(10-17)9-12-5-6-14(23-12)16-21-13-3-1-2-4-15(13)24-16/h1-6,11H,7-10,20H2. The Morgan fingerprint density at radius 2 is 2.12 bits per heavy atom. The Kier molecular flexibility index (Phi) is 3.86. The molecule has 0 bridgehead atoms. The van der Waals surface area contributed by atoms with E-state index < -0.39 is 12.0 Å². The van der Waals surface area contributed by atoms with E-state index in [2.05, 4.69) is 4.98 Å². The van der Waals surface area contributed by atoms with Crippen LogP contribution in [0.4, 0.5) is 8.78 Å². The molecule has 3 aromatic rings. The van der Waals surface area contributed by atoms with Gasteiger partial charge in [0.25, 0.3) is 5.92 Å². The lowest BCUT2D eigenvalue weighted by atomic mass is 10.0. The van der Waals surface area contributed by atoms with Crippen molar-refractivity contribution in [2.45, 2.75) is 24.9 Å². The minimum absolute atomic E-state index is 0.251. The van der Waals surface area contributed by atoms with Crippen LogP contribution in [-0.4, -0.2) is 34.9 Å². The lowest BCUT2D eigenvalue weighted by Crippen LogP contribution is -2.51. The van der Waals surface area contributed by atoms with Gasteiger partial charge in [0.05, 0.1) is 23.3 Å². The molecule has 1 aliphatic heterocycles. The van der Waals surface area contributed by atoms with Gasteiger partial charge in [-0.15, -0.1) is 11.3 Å². The highest BCUT2D eigenvalue weighted by molar-refractivity contribution is 7.21. The van der Waals surface area contributed by atoms with E-state index in [4.69, 9.17) is 10.2 Å². The normalized spacial score (nSPS) is 21.4. The van der Waals surface area contributed by atoms with E-state index in [1.807, 2.05) is 36.4 Å². The van der Waals surface area contributed by atoms with Crippen LogP contribution in [0, 0.1) is 0 Å². The summed E-state index contributed by atoms with van der Waals surface area (Å²) >= 11 is 1.55. The Balaban J connectivity index is 1.52. The first-order valence-electron chi connectivity index (χ1n) is 7.79. The maximum absolute atomic E-state index is 13.6. The van der Waals surface area contributed by atoms with Crippen molar-refractivity contribution in [3.63, 3.8) is 0 Å². The highest BCUT2D eigenvalue weighted by Crippen LogP contribution is 2.32. The van der Waals surface area contributed by atoms with E-state index in [1.54, 1.807) is 16.2 Å². The summed E-state index contributed by atoms with van der Waals surface area (Å²) < 4.78 is 34.2. The van der Waals surface area contributed by atoms with Crippen molar-refractivity contribution in [1.29, 1.82) is 0 Å². The number of piperidine rings is 1. The second-order valence-electron chi connectivity index (χ2n) is 6.24. The number of hydrogen-bond acceptors (Lipinski definition) is 5. The van der Waals surface area contributed by atoms with Crippen LogP contribution in [0.25, 0.3) is 21.0 Å². The molecule has 3 heterocycles. The summed E-state index contributed by atoms with van der Waals surface area (Å²) in [6.45, 7) is 0.499. The Morgan fingerprint density at radius 3 is 2.92 bits per heavy atom. The number of benzene rings is 1. The van der Waals surface area contributed by atoms with Gasteiger partial charge < -0.3 is 10.2 Å². The lowest BCUT2D eigenvalue weighted by Gasteiger charge is -2.35. The van der Waals surface area contributed by atoms with Crippen molar-refractivity contribution in [3.05, 3.63) is 42.2 Å². The molecular formula is C17H17F2N3OS. The molecule has 0 saturated carbocycles. The third kappa shape index (κ3) is 3.19. The van der Waals surface area contributed by atoms with Gasteiger partial charge in [-0.25, -0.2) is 13.8 Å². The maximum Gasteiger partial charge on any atom is 0.262 e. The van der Waals surface area contributed by atoms with Crippen molar-refractivity contribution >= 4 is 21.6 Å². The number of hydrogen-bond donors (Lipinski definition) is 1. The quantitative estimate of drug-likeness (QED) is 0.783. The fourth-order valence-electron chi connectivity index (χ4n) is 3.13. The van der Waals surface area contributed by atoms with Gasteiger partial charge in [-0.2, -0.15) is 0 Å². The topological polar surface area (TPSA) is 55.3 Å². The van der Waals surface area contributed by atoms with Crippen LogP contribution in [-0.2, 0) is 6.54 Å². The fraction of sp³-hybridized carbons (Fsp3) is 0.353. The average Bonchev–Trinajstić information content (AvgIpc) is 3.10. The van der Waals surface area contributed by atoms with E-state index >= 15 is 0 Å². The van der Waals surface area contributed by atoms with Crippen molar-refractivity contribution in [1.82, 2.24) is 9.88 Å². The molecule has 4 nitrogen and oxygen atoms in total. The van der Waals surface area contributed by atoms with Gasteiger partial charge in [0.2, 0.25) is 0 Å². The number of thiazole rings is 1. The van der Waals surface area contributed by atoms with Gasteiger partial charge in [0.15, 0.2) is 10.8 Å². The molecule has 7 heteroatoms. The summed E-state index contributed by atoms with van der Waals surface area (Å²) in [5, 5.41) is 0.795. The Hall–Kier alpha value is -1.83. The van der Waals surface area contributed by atoms with E-state index in [0.29, 0.717) is 24.6 Å². The molecule has 0 radical (unpaired) electrons. The first-order valence-corrected chi connectivity index (χ1v) is 8.61. The number of furan rings is 1. The zero-order chi connectivity index (χ0) is 16.7. The molecule has 4 rings (SSSR count). The third-order valence-electron chi connectivity index (χ3n) is 4.05. The number of rotatable bonds is 3. The largest absolute Gasteiger partial charge is 0.457 e. The molecular weight excluding hydrogens is 332 g/mol. The molecule has 1 unspecified atom stereocenters. The van der Waals surface area contributed by atoms with Crippen molar-refractivity contribution < 1.29 is 13.2 Å². The van der Waals surface area contributed by atoms with Crippen molar-refractivity contribution in [2.75, 3.05) is 13.1 Å². The van der Waals surface area contributed by atoms with Gasteiger partial charge >= 0.3 is 0 Å². The first kappa shape index (κ1) is 15.7. The summed E-state index contributed by atoms with van der Waals surface area (Å²) in [6.07, 6.45) is -0.251. The SMILES string of the molecule is NC1CN(Cc2ccc(-c3nc4ccccc4s3)o2)CC(F)(F)C1. The molecule has 1 aromatic carbocycles. The van der Waals surface area contributed by atoms with E-state index in [0.717, 1.165) is 15.2 Å². The zero-order valence-electron chi connectivity index (χ0n) is 12.9. The number of alkyl halides is 2. The second kappa shape index (κ2) is 5.91. The molecule has 24 heavy (non-hydrogen) atoms. The van der Waals surface area contributed by atoms with Crippen LogP contribution in [0.15, 0.2) is 40.8 Å². The van der Waals surface area contributed by atoms with Crippen molar-refractivity contribution in [3.8, 4) is 10.8 Å². The number of nitrogens with two attached hydrogens (primary N) is 1. The number of likely N-dealkylation sites (tertiary alicyclic amines) is 1. The number of fused-ring (bicyclic) bond motifs is 1.